The second-order valence-electron chi connectivity index (χ2n) is 5.60. The molecule has 3 aromatic rings. The molecule has 0 unspecified atom stereocenters. The standard InChI is InChI=1S/C18H16N4O5S2/c1-2-27-16(24)13-8-10-14(11-9-13)22-29(25,26)18-21-20-17(28-18)19-15(23)12-6-4-3-5-7-12/h3-11,22H,2H2,1H3,(H,19,20,23). The van der Waals surface area contributed by atoms with Gasteiger partial charge in [-0.25, -0.2) is 4.79 Å². The number of carbonyl (C=O) groups excluding carboxylic acids is 2. The van der Waals surface area contributed by atoms with Crippen molar-refractivity contribution in [2.24, 2.45) is 0 Å². The van der Waals surface area contributed by atoms with Crippen LogP contribution in [0.25, 0.3) is 0 Å². The van der Waals surface area contributed by atoms with E-state index in [-0.39, 0.29) is 21.8 Å². The second kappa shape index (κ2) is 8.80. The highest BCUT2D eigenvalue weighted by Crippen LogP contribution is 2.23. The van der Waals surface area contributed by atoms with Gasteiger partial charge in [-0.15, -0.1) is 10.2 Å². The van der Waals surface area contributed by atoms with E-state index < -0.39 is 21.9 Å². The number of hydrogen-bond acceptors (Lipinski definition) is 8. The third kappa shape index (κ3) is 5.15. The molecule has 1 aromatic heterocycles. The molecule has 0 bridgehead atoms. The molecule has 0 spiro atoms. The van der Waals surface area contributed by atoms with Gasteiger partial charge in [-0.1, -0.05) is 29.5 Å². The zero-order chi connectivity index (χ0) is 20.9. The average molecular weight is 432 g/mol. The average Bonchev–Trinajstić information content (AvgIpc) is 3.18. The minimum atomic E-state index is -4.01. The molecule has 1 amide bonds. The smallest absolute Gasteiger partial charge is 0.338 e. The highest BCUT2D eigenvalue weighted by molar-refractivity contribution is 7.94. The van der Waals surface area contributed by atoms with Crippen LogP contribution in [0.1, 0.15) is 27.6 Å². The monoisotopic (exact) mass is 432 g/mol. The van der Waals surface area contributed by atoms with Gasteiger partial charge in [0.2, 0.25) is 5.13 Å². The van der Waals surface area contributed by atoms with Crippen LogP contribution < -0.4 is 10.0 Å². The summed E-state index contributed by atoms with van der Waals surface area (Å²) in [7, 11) is -4.01. The maximum Gasteiger partial charge on any atom is 0.338 e. The predicted molar refractivity (Wildman–Crippen MR) is 108 cm³/mol. The van der Waals surface area contributed by atoms with Crippen molar-refractivity contribution >= 4 is 44.1 Å². The summed E-state index contributed by atoms with van der Waals surface area (Å²) < 4.78 is 31.9. The number of carbonyl (C=O) groups is 2. The lowest BCUT2D eigenvalue weighted by Gasteiger charge is -2.06. The Labute approximate surface area is 170 Å². The molecule has 2 N–H and O–H groups in total. The highest BCUT2D eigenvalue weighted by Gasteiger charge is 2.21. The zero-order valence-corrected chi connectivity index (χ0v) is 16.8. The van der Waals surface area contributed by atoms with Crippen LogP contribution in [0.4, 0.5) is 10.8 Å². The fourth-order valence-electron chi connectivity index (χ4n) is 2.22. The molecule has 0 saturated heterocycles. The summed E-state index contributed by atoms with van der Waals surface area (Å²) in [6, 6.07) is 14.2. The summed E-state index contributed by atoms with van der Waals surface area (Å²) in [6.07, 6.45) is 0. The fourth-order valence-corrected chi connectivity index (χ4v) is 4.17. The molecule has 2 aromatic carbocycles. The van der Waals surface area contributed by atoms with Crippen LogP contribution in [0.15, 0.2) is 58.9 Å². The van der Waals surface area contributed by atoms with Crippen molar-refractivity contribution in [1.29, 1.82) is 0 Å². The Morgan fingerprint density at radius 2 is 1.69 bits per heavy atom. The number of hydrogen-bond donors (Lipinski definition) is 2. The number of aromatic nitrogens is 2. The number of esters is 1. The minimum Gasteiger partial charge on any atom is -0.462 e. The number of benzene rings is 2. The number of nitrogens with one attached hydrogen (secondary N) is 2. The van der Waals surface area contributed by atoms with Crippen molar-refractivity contribution in [2.45, 2.75) is 11.3 Å². The molecule has 3 rings (SSSR count). The van der Waals surface area contributed by atoms with Gasteiger partial charge in [-0.2, -0.15) is 8.42 Å². The van der Waals surface area contributed by atoms with Crippen LogP contribution in [-0.2, 0) is 14.8 Å². The van der Waals surface area contributed by atoms with Crippen molar-refractivity contribution in [3.05, 3.63) is 65.7 Å². The first kappa shape index (κ1) is 20.4. The van der Waals surface area contributed by atoms with Crippen LogP contribution in [-0.4, -0.2) is 37.1 Å². The molecule has 29 heavy (non-hydrogen) atoms. The number of ether oxygens (including phenoxy) is 1. The molecule has 9 nitrogen and oxygen atoms in total. The molecular weight excluding hydrogens is 416 g/mol. The largest absolute Gasteiger partial charge is 0.462 e. The summed E-state index contributed by atoms with van der Waals surface area (Å²) in [6.45, 7) is 1.94. The Morgan fingerprint density at radius 1 is 1.00 bits per heavy atom. The molecule has 0 aliphatic heterocycles. The van der Waals surface area contributed by atoms with Crippen molar-refractivity contribution in [3.8, 4) is 0 Å². The van der Waals surface area contributed by atoms with E-state index in [1.165, 1.54) is 24.3 Å². The number of sulfonamides is 1. The van der Waals surface area contributed by atoms with Gasteiger partial charge in [0.1, 0.15) is 0 Å². The molecular formula is C18H16N4O5S2. The van der Waals surface area contributed by atoms with Gasteiger partial charge < -0.3 is 4.74 Å². The summed E-state index contributed by atoms with van der Waals surface area (Å²) in [5.74, 6) is -0.918. The van der Waals surface area contributed by atoms with Crippen LogP contribution in [0.5, 0.6) is 0 Å². The first-order valence-electron chi connectivity index (χ1n) is 8.39. The van der Waals surface area contributed by atoms with E-state index >= 15 is 0 Å². The van der Waals surface area contributed by atoms with Gasteiger partial charge in [0.15, 0.2) is 0 Å². The summed E-state index contributed by atoms with van der Waals surface area (Å²) in [4.78, 5) is 23.8. The van der Waals surface area contributed by atoms with E-state index in [0.717, 1.165) is 11.3 Å². The summed E-state index contributed by atoms with van der Waals surface area (Å²) in [5.41, 5.74) is 0.951. The van der Waals surface area contributed by atoms with Gasteiger partial charge >= 0.3 is 5.97 Å². The van der Waals surface area contributed by atoms with Gasteiger partial charge in [-0.3, -0.25) is 14.8 Å². The normalized spacial score (nSPS) is 10.9. The highest BCUT2D eigenvalue weighted by atomic mass is 32.2. The van der Waals surface area contributed by atoms with Gasteiger partial charge in [-0.05, 0) is 43.3 Å². The number of nitrogens with zero attached hydrogens (tertiary/aromatic N) is 2. The van der Waals surface area contributed by atoms with Crippen molar-refractivity contribution in [3.63, 3.8) is 0 Å². The van der Waals surface area contributed by atoms with Crippen molar-refractivity contribution < 1.29 is 22.7 Å². The Balaban J connectivity index is 1.69. The lowest BCUT2D eigenvalue weighted by molar-refractivity contribution is 0.0526. The van der Waals surface area contributed by atoms with Crippen LogP contribution in [0.3, 0.4) is 0 Å². The molecule has 0 saturated carbocycles. The number of rotatable bonds is 7. The maximum atomic E-state index is 12.5. The van der Waals surface area contributed by atoms with Crippen molar-refractivity contribution in [2.75, 3.05) is 16.6 Å². The molecule has 0 aliphatic rings. The van der Waals surface area contributed by atoms with Crippen LogP contribution in [0, 0.1) is 0 Å². The maximum absolute atomic E-state index is 12.5. The molecule has 0 aliphatic carbocycles. The minimum absolute atomic E-state index is 0.0527. The van der Waals surface area contributed by atoms with Gasteiger partial charge in [0, 0.05) is 11.3 Å². The third-order valence-corrected chi connectivity index (χ3v) is 6.13. The molecule has 150 valence electrons. The Kier molecular flexibility index (Phi) is 6.20. The SMILES string of the molecule is CCOC(=O)c1ccc(NS(=O)(=O)c2nnc(NC(=O)c3ccccc3)s2)cc1. The first-order chi connectivity index (χ1) is 13.9. The van der Waals surface area contributed by atoms with E-state index in [9.17, 15) is 18.0 Å². The lowest BCUT2D eigenvalue weighted by atomic mass is 10.2. The summed E-state index contributed by atoms with van der Waals surface area (Å²) in [5, 5.41) is 9.90. The quantitative estimate of drug-likeness (QED) is 0.434. The summed E-state index contributed by atoms with van der Waals surface area (Å²) >= 11 is 0.718. The predicted octanol–water partition coefficient (Wildman–Crippen LogP) is 2.77. The first-order valence-corrected chi connectivity index (χ1v) is 10.7. The molecule has 0 atom stereocenters. The Morgan fingerprint density at radius 3 is 2.34 bits per heavy atom. The van der Waals surface area contributed by atoms with Crippen LogP contribution >= 0.6 is 11.3 Å². The van der Waals surface area contributed by atoms with E-state index in [1.54, 1.807) is 37.3 Å². The van der Waals surface area contributed by atoms with Crippen molar-refractivity contribution in [1.82, 2.24) is 10.2 Å². The lowest BCUT2D eigenvalue weighted by Crippen LogP contribution is -2.13. The molecule has 0 fully saturated rings. The second-order valence-corrected chi connectivity index (χ2v) is 8.43. The zero-order valence-electron chi connectivity index (χ0n) is 15.2. The number of anilines is 2. The Bertz CT molecular complexity index is 1110. The Hall–Kier alpha value is -3.31. The fraction of sp³-hybridized carbons (Fsp3) is 0.111. The van der Waals surface area contributed by atoms with E-state index in [4.69, 9.17) is 4.74 Å². The number of amides is 1. The van der Waals surface area contributed by atoms with Gasteiger partial charge in [0.25, 0.3) is 20.3 Å². The van der Waals surface area contributed by atoms with Crippen LogP contribution in [0.2, 0.25) is 0 Å². The molecule has 1 heterocycles. The molecule has 0 radical (unpaired) electrons. The topological polar surface area (TPSA) is 127 Å². The van der Waals surface area contributed by atoms with Gasteiger partial charge in [0.05, 0.1) is 12.2 Å². The van der Waals surface area contributed by atoms with E-state index in [0.29, 0.717) is 11.1 Å². The van der Waals surface area contributed by atoms with E-state index in [1.807, 2.05) is 0 Å². The molecule has 11 heteroatoms. The van der Waals surface area contributed by atoms with E-state index in [2.05, 4.69) is 20.2 Å². The third-order valence-electron chi connectivity index (χ3n) is 3.54.